The second-order valence-corrected chi connectivity index (χ2v) is 4.89. The Bertz CT molecular complexity index is 539. The molecule has 19 heavy (non-hydrogen) atoms. The molecule has 0 aliphatic heterocycles. The Balaban J connectivity index is 2.14. The molecule has 0 radical (unpaired) electrons. The van der Waals surface area contributed by atoms with Gasteiger partial charge in [-0.2, -0.15) is 4.37 Å². The lowest BCUT2D eigenvalue weighted by molar-refractivity contribution is 0.0929. The van der Waals surface area contributed by atoms with Crippen LogP contribution in [0.4, 0.5) is 0 Å². The van der Waals surface area contributed by atoms with Crippen molar-refractivity contribution in [3.05, 3.63) is 52.5 Å². The number of hydrogen-bond acceptors (Lipinski definition) is 4. The Kier molecular flexibility index (Phi) is 4.65. The molecule has 1 aromatic carbocycles. The number of aryl methyl sites for hydroxylation is 1. The third kappa shape index (κ3) is 3.39. The first kappa shape index (κ1) is 13.7. The molecule has 0 saturated heterocycles. The lowest BCUT2D eigenvalue weighted by Crippen LogP contribution is -2.29. The molecule has 1 aromatic heterocycles. The lowest BCUT2D eigenvalue weighted by atomic mass is 10.0. The average molecular weight is 276 g/mol. The number of hydrogen-bond donors (Lipinski definition) is 2. The number of aliphatic hydroxyl groups excluding tert-OH is 1. The van der Waals surface area contributed by atoms with Gasteiger partial charge in [0.15, 0.2) is 0 Å². The number of carbonyl (C=O) groups is 1. The summed E-state index contributed by atoms with van der Waals surface area (Å²) in [7, 11) is 0. The maximum absolute atomic E-state index is 12.2. The molecule has 100 valence electrons. The Labute approximate surface area is 116 Å². The highest BCUT2D eigenvalue weighted by Crippen LogP contribution is 2.18. The van der Waals surface area contributed by atoms with Crippen LogP contribution in [0.3, 0.4) is 0 Å². The van der Waals surface area contributed by atoms with Gasteiger partial charge in [0.25, 0.3) is 5.91 Å². The third-order valence-corrected chi connectivity index (χ3v) is 3.64. The molecule has 0 fully saturated rings. The molecule has 0 bridgehead atoms. The third-order valence-electron chi connectivity index (χ3n) is 2.92. The van der Waals surface area contributed by atoms with Gasteiger partial charge in [0.2, 0.25) is 0 Å². The molecule has 1 amide bonds. The van der Waals surface area contributed by atoms with E-state index in [1.54, 1.807) is 5.38 Å². The first-order chi connectivity index (χ1) is 9.22. The van der Waals surface area contributed by atoms with Gasteiger partial charge in [-0.05, 0) is 30.4 Å². The van der Waals surface area contributed by atoms with Crippen molar-refractivity contribution < 1.29 is 9.90 Å². The number of aromatic nitrogens is 1. The maximum Gasteiger partial charge on any atom is 0.254 e. The van der Waals surface area contributed by atoms with Gasteiger partial charge in [-0.25, -0.2) is 0 Å². The van der Waals surface area contributed by atoms with Crippen LogP contribution in [-0.4, -0.2) is 22.0 Å². The number of carbonyl (C=O) groups excluding carboxylic acids is 1. The van der Waals surface area contributed by atoms with Crippen LogP contribution >= 0.6 is 11.5 Å². The van der Waals surface area contributed by atoms with Crippen molar-refractivity contribution in [3.63, 3.8) is 0 Å². The molecule has 5 heteroatoms. The van der Waals surface area contributed by atoms with E-state index in [1.165, 1.54) is 11.5 Å². The highest BCUT2D eigenvalue weighted by atomic mass is 32.1. The Morgan fingerprint density at radius 2 is 2.16 bits per heavy atom. The highest BCUT2D eigenvalue weighted by Gasteiger charge is 2.17. The van der Waals surface area contributed by atoms with Crippen molar-refractivity contribution in [1.82, 2.24) is 9.69 Å². The van der Waals surface area contributed by atoms with E-state index < -0.39 is 0 Å². The number of nitrogens with zero attached hydrogens (tertiary/aromatic N) is 1. The summed E-state index contributed by atoms with van der Waals surface area (Å²) in [6.07, 6.45) is 0.492. The molecule has 2 rings (SSSR count). The van der Waals surface area contributed by atoms with Crippen LogP contribution in [0.15, 0.2) is 35.7 Å². The van der Waals surface area contributed by atoms with Gasteiger partial charge < -0.3 is 10.4 Å². The Morgan fingerprint density at radius 1 is 1.42 bits per heavy atom. The van der Waals surface area contributed by atoms with Crippen LogP contribution in [0.1, 0.15) is 34.1 Å². The van der Waals surface area contributed by atoms with Crippen LogP contribution in [0.5, 0.6) is 0 Å². The maximum atomic E-state index is 12.2. The zero-order valence-electron chi connectivity index (χ0n) is 10.7. The minimum absolute atomic E-state index is 0.0285. The van der Waals surface area contributed by atoms with Gasteiger partial charge in [-0.1, -0.05) is 30.3 Å². The summed E-state index contributed by atoms with van der Waals surface area (Å²) in [5.74, 6) is -0.145. The quantitative estimate of drug-likeness (QED) is 0.881. The summed E-state index contributed by atoms with van der Waals surface area (Å²) in [6.45, 7) is 1.84. The minimum atomic E-state index is -0.182. The van der Waals surface area contributed by atoms with E-state index in [-0.39, 0.29) is 18.6 Å². The molecule has 2 N–H and O–H groups in total. The van der Waals surface area contributed by atoms with Gasteiger partial charge in [0.05, 0.1) is 17.3 Å². The smallest absolute Gasteiger partial charge is 0.254 e. The Hall–Kier alpha value is -1.72. The first-order valence-electron chi connectivity index (χ1n) is 6.10. The average Bonchev–Trinajstić information content (AvgIpc) is 2.85. The normalized spacial score (nSPS) is 12.1. The van der Waals surface area contributed by atoms with Gasteiger partial charge >= 0.3 is 0 Å². The number of amides is 1. The zero-order valence-corrected chi connectivity index (χ0v) is 11.5. The number of nitrogens with one attached hydrogen (secondary N) is 1. The van der Waals surface area contributed by atoms with Crippen molar-refractivity contribution in [2.75, 3.05) is 6.61 Å². The predicted octanol–water partition coefficient (Wildman–Crippen LogP) is 2.31. The van der Waals surface area contributed by atoms with E-state index in [0.717, 1.165) is 11.3 Å². The van der Waals surface area contributed by atoms with Gasteiger partial charge in [-0.15, -0.1) is 0 Å². The van der Waals surface area contributed by atoms with Crippen molar-refractivity contribution in [3.8, 4) is 0 Å². The second kappa shape index (κ2) is 6.45. The van der Waals surface area contributed by atoms with Gasteiger partial charge in [0.1, 0.15) is 0 Å². The van der Waals surface area contributed by atoms with Crippen LogP contribution in [0, 0.1) is 6.92 Å². The number of rotatable bonds is 5. The molecule has 0 aliphatic rings. The predicted molar refractivity (Wildman–Crippen MR) is 75.2 cm³/mol. The fourth-order valence-electron chi connectivity index (χ4n) is 1.88. The van der Waals surface area contributed by atoms with E-state index in [2.05, 4.69) is 9.69 Å². The van der Waals surface area contributed by atoms with Crippen molar-refractivity contribution >= 4 is 17.4 Å². The molecule has 1 unspecified atom stereocenters. The van der Waals surface area contributed by atoms with E-state index in [9.17, 15) is 4.79 Å². The van der Waals surface area contributed by atoms with E-state index in [0.29, 0.717) is 12.0 Å². The van der Waals surface area contributed by atoms with Crippen LogP contribution < -0.4 is 5.32 Å². The Morgan fingerprint density at radius 3 is 2.74 bits per heavy atom. The van der Waals surface area contributed by atoms with E-state index >= 15 is 0 Å². The van der Waals surface area contributed by atoms with Crippen LogP contribution in [-0.2, 0) is 0 Å². The van der Waals surface area contributed by atoms with E-state index in [4.69, 9.17) is 5.11 Å². The zero-order chi connectivity index (χ0) is 13.7. The topological polar surface area (TPSA) is 62.2 Å². The standard InChI is InChI=1S/C14H16N2O2S/c1-10-12(9-19-16-10)14(18)15-13(7-8-17)11-5-3-2-4-6-11/h2-6,9,13,17H,7-8H2,1H3,(H,15,18). The summed E-state index contributed by atoms with van der Waals surface area (Å²) >= 11 is 1.27. The van der Waals surface area contributed by atoms with Crippen molar-refractivity contribution in [1.29, 1.82) is 0 Å². The molecular formula is C14H16N2O2S. The summed E-state index contributed by atoms with van der Waals surface area (Å²) in [4.78, 5) is 12.2. The largest absolute Gasteiger partial charge is 0.396 e. The van der Waals surface area contributed by atoms with Crippen LogP contribution in [0.2, 0.25) is 0 Å². The summed E-state index contributed by atoms with van der Waals surface area (Å²) in [5.41, 5.74) is 2.33. The van der Waals surface area contributed by atoms with Crippen molar-refractivity contribution in [2.24, 2.45) is 0 Å². The molecule has 1 atom stereocenters. The molecule has 1 heterocycles. The number of benzene rings is 1. The SMILES string of the molecule is Cc1nscc1C(=O)NC(CCO)c1ccccc1. The molecule has 0 aliphatic carbocycles. The van der Waals surface area contributed by atoms with Crippen molar-refractivity contribution in [2.45, 2.75) is 19.4 Å². The van der Waals surface area contributed by atoms with E-state index in [1.807, 2.05) is 37.3 Å². The molecule has 4 nitrogen and oxygen atoms in total. The molecular weight excluding hydrogens is 260 g/mol. The molecule has 0 spiro atoms. The van der Waals surface area contributed by atoms with Gasteiger partial charge in [0, 0.05) is 12.0 Å². The van der Waals surface area contributed by atoms with Crippen LogP contribution in [0.25, 0.3) is 0 Å². The fraction of sp³-hybridized carbons (Fsp3) is 0.286. The summed E-state index contributed by atoms with van der Waals surface area (Å²) in [6, 6.07) is 9.47. The highest BCUT2D eigenvalue weighted by molar-refractivity contribution is 7.03. The van der Waals surface area contributed by atoms with Gasteiger partial charge in [-0.3, -0.25) is 4.79 Å². The first-order valence-corrected chi connectivity index (χ1v) is 6.93. The molecule has 0 saturated carbocycles. The summed E-state index contributed by atoms with van der Waals surface area (Å²) < 4.78 is 4.10. The summed E-state index contributed by atoms with van der Waals surface area (Å²) in [5, 5.41) is 13.8. The monoisotopic (exact) mass is 276 g/mol. The number of aliphatic hydroxyl groups is 1. The fourth-order valence-corrected chi connectivity index (χ4v) is 2.58. The lowest BCUT2D eigenvalue weighted by Gasteiger charge is -2.18. The minimum Gasteiger partial charge on any atom is -0.396 e. The molecule has 2 aromatic rings. The second-order valence-electron chi connectivity index (χ2n) is 4.26.